The molecule has 1 aliphatic carbocycles. The van der Waals surface area contributed by atoms with Gasteiger partial charge in [-0.2, -0.15) is 0 Å². The summed E-state index contributed by atoms with van der Waals surface area (Å²) in [6.45, 7) is 5.09. The monoisotopic (exact) mass is 263 g/mol. The third kappa shape index (κ3) is 3.24. The number of hydrogen-bond donors (Lipinski definition) is 1. The van der Waals surface area contributed by atoms with E-state index in [1.54, 1.807) is 6.07 Å². The number of hydrogen-bond acceptors (Lipinski definition) is 3. The van der Waals surface area contributed by atoms with E-state index in [0.29, 0.717) is 12.0 Å². The van der Waals surface area contributed by atoms with Crippen molar-refractivity contribution in [3.63, 3.8) is 0 Å². The summed E-state index contributed by atoms with van der Waals surface area (Å²) < 4.78 is 13.4. The summed E-state index contributed by atoms with van der Waals surface area (Å²) in [6, 6.07) is 2.27. The van der Waals surface area contributed by atoms with E-state index < -0.39 is 0 Å². The number of anilines is 1. The highest BCUT2D eigenvalue weighted by atomic mass is 19.1. The fourth-order valence-corrected chi connectivity index (χ4v) is 2.81. The fraction of sp³-hybridized carbons (Fsp3) is 0.667. The quantitative estimate of drug-likeness (QED) is 0.905. The first-order chi connectivity index (χ1) is 9.22. The molecule has 1 aliphatic heterocycles. The van der Waals surface area contributed by atoms with Crippen LogP contribution in [0.25, 0.3) is 0 Å². The Balaban J connectivity index is 1.77. The highest BCUT2D eigenvalue weighted by molar-refractivity contribution is 5.47. The molecule has 1 atom stereocenters. The van der Waals surface area contributed by atoms with Crippen LogP contribution in [0.15, 0.2) is 12.3 Å². The summed E-state index contributed by atoms with van der Waals surface area (Å²) in [7, 11) is 0. The number of nitrogens with one attached hydrogen (secondary N) is 1. The molecule has 0 spiro atoms. The molecular weight excluding hydrogens is 241 g/mol. The molecule has 2 aliphatic rings. The second kappa shape index (κ2) is 5.45. The topological polar surface area (TPSA) is 28.2 Å². The molecular formula is C15H22FN3. The first-order valence-electron chi connectivity index (χ1n) is 7.35. The Hall–Kier alpha value is -1.16. The van der Waals surface area contributed by atoms with Gasteiger partial charge in [0, 0.05) is 31.2 Å². The summed E-state index contributed by atoms with van der Waals surface area (Å²) in [5.74, 6) is 1.44. The smallest absolute Gasteiger partial charge is 0.141 e. The molecule has 1 aromatic heterocycles. The minimum atomic E-state index is -0.235. The highest BCUT2D eigenvalue weighted by Crippen LogP contribution is 2.26. The number of pyridine rings is 1. The first-order valence-corrected chi connectivity index (χ1v) is 7.35. The Kier molecular flexibility index (Phi) is 3.69. The van der Waals surface area contributed by atoms with Crippen LogP contribution in [-0.4, -0.2) is 24.1 Å². The van der Waals surface area contributed by atoms with Gasteiger partial charge < -0.3 is 10.2 Å². The summed E-state index contributed by atoms with van der Waals surface area (Å²) >= 11 is 0. The molecule has 1 unspecified atom stereocenters. The second-order valence-electron chi connectivity index (χ2n) is 5.98. The van der Waals surface area contributed by atoms with Gasteiger partial charge in [-0.15, -0.1) is 0 Å². The maximum absolute atomic E-state index is 13.4. The fourth-order valence-electron chi connectivity index (χ4n) is 2.81. The number of aromatic nitrogens is 1. The zero-order valence-corrected chi connectivity index (χ0v) is 11.5. The van der Waals surface area contributed by atoms with Gasteiger partial charge >= 0.3 is 0 Å². The van der Waals surface area contributed by atoms with E-state index in [1.807, 2.05) is 0 Å². The van der Waals surface area contributed by atoms with Crippen LogP contribution >= 0.6 is 0 Å². The van der Waals surface area contributed by atoms with E-state index in [1.165, 1.54) is 31.9 Å². The van der Waals surface area contributed by atoms with Crippen molar-refractivity contribution in [1.82, 2.24) is 10.3 Å². The van der Waals surface area contributed by atoms with Crippen LogP contribution in [0.4, 0.5) is 10.2 Å². The maximum atomic E-state index is 13.4. The average Bonchev–Trinajstić information content (AvgIpc) is 3.20. The van der Waals surface area contributed by atoms with Gasteiger partial charge in [0.05, 0.1) is 6.20 Å². The van der Waals surface area contributed by atoms with Gasteiger partial charge in [-0.1, -0.05) is 6.92 Å². The lowest BCUT2D eigenvalue weighted by molar-refractivity contribution is 0.443. The number of rotatable bonds is 4. The molecule has 2 heterocycles. The van der Waals surface area contributed by atoms with E-state index in [4.69, 9.17) is 0 Å². The third-order valence-electron chi connectivity index (χ3n) is 4.02. The van der Waals surface area contributed by atoms with E-state index in [-0.39, 0.29) is 5.82 Å². The lowest BCUT2D eigenvalue weighted by Gasteiger charge is -2.33. The van der Waals surface area contributed by atoms with Gasteiger partial charge in [-0.3, -0.25) is 0 Å². The van der Waals surface area contributed by atoms with Crippen molar-refractivity contribution in [3.8, 4) is 0 Å². The van der Waals surface area contributed by atoms with Gasteiger partial charge in [0.25, 0.3) is 0 Å². The first kappa shape index (κ1) is 12.9. The standard InChI is InChI=1S/C15H22FN3/c1-11-3-2-6-19(10-11)15-12(7-13(16)9-18-15)8-17-14-4-5-14/h7,9,11,14,17H,2-6,8,10H2,1H3. The molecule has 19 heavy (non-hydrogen) atoms. The van der Waals surface area contributed by atoms with Crippen LogP contribution < -0.4 is 10.2 Å². The van der Waals surface area contributed by atoms with Crippen molar-refractivity contribution in [2.45, 2.75) is 45.2 Å². The molecule has 4 heteroatoms. The van der Waals surface area contributed by atoms with Crippen molar-refractivity contribution in [3.05, 3.63) is 23.6 Å². The Bertz CT molecular complexity index is 445. The predicted octanol–water partition coefficient (Wildman–Crippen LogP) is 2.71. The van der Waals surface area contributed by atoms with Crippen molar-refractivity contribution in [1.29, 1.82) is 0 Å². The van der Waals surface area contributed by atoms with Gasteiger partial charge in [-0.05, 0) is 37.7 Å². The van der Waals surface area contributed by atoms with E-state index in [0.717, 1.165) is 31.0 Å². The minimum absolute atomic E-state index is 0.235. The minimum Gasteiger partial charge on any atom is -0.356 e. The zero-order valence-electron chi connectivity index (χ0n) is 11.5. The zero-order chi connectivity index (χ0) is 13.2. The Morgan fingerprint density at radius 3 is 3.00 bits per heavy atom. The highest BCUT2D eigenvalue weighted by Gasteiger charge is 2.23. The van der Waals surface area contributed by atoms with E-state index in [2.05, 4.69) is 22.1 Å². The molecule has 1 saturated carbocycles. The van der Waals surface area contributed by atoms with Crippen LogP contribution in [0.1, 0.15) is 38.2 Å². The summed E-state index contributed by atoms with van der Waals surface area (Å²) in [5, 5.41) is 3.46. The number of nitrogens with zero attached hydrogens (tertiary/aromatic N) is 2. The van der Waals surface area contributed by atoms with Crippen LogP contribution in [-0.2, 0) is 6.54 Å². The lowest BCUT2D eigenvalue weighted by Crippen LogP contribution is -2.36. The molecule has 0 aromatic carbocycles. The maximum Gasteiger partial charge on any atom is 0.141 e. The SMILES string of the molecule is CC1CCCN(c2ncc(F)cc2CNC2CC2)C1. The molecule has 3 nitrogen and oxygen atoms in total. The molecule has 2 fully saturated rings. The van der Waals surface area contributed by atoms with Gasteiger partial charge in [0.1, 0.15) is 11.6 Å². The Labute approximate surface area is 114 Å². The van der Waals surface area contributed by atoms with E-state index >= 15 is 0 Å². The predicted molar refractivity (Wildman–Crippen MR) is 74.7 cm³/mol. The van der Waals surface area contributed by atoms with Crippen LogP contribution in [0.5, 0.6) is 0 Å². The summed E-state index contributed by atoms with van der Waals surface area (Å²) in [4.78, 5) is 6.66. The molecule has 0 bridgehead atoms. The van der Waals surface area contributed by atoms with Gasteiger partial charge in [0.15, 0.2) is 0 Å². The molecule has 1 aromatic rings. The molecule has 0 amide bonds. The molecule has 1 saturated heterocycles. The van der Waals surface area contributed by atoms with Crippen LogP contribution in [0.3, 0.4) is 0 Å². The molecule has 1 N–H and O–H groups in total. The summed E-state index contributed by atoms with van der Waals surface area (Å²) in [6.07, 6.45) is 6.33. The van der Waals surface area contributed by atoms with E-state index in [9.17, 15) is 4.39 Å². The van der Waals surface area contributed by atoms with Crippen molar-refractivity contribution in [2.75, 3.05) is 18.0 Å². The normalized spacial score (nSPS) is 23.7. The largest absolute Gasteiger partial charge is 0.356 e. The summed E-state index contributed by atoms with van der Waals surface area (Å²) in [5.41, 5.74) is 1.00. The van der Waals surface area contributed by atoms with Crippen LogP contribution in [0, 0.1) is 11.7 Å². The second-order valence-corrected chi connectivity index (χ2v) is 5.98. The molecule has 3 rings (SSSR count). The average molecular weight is 263 g/mol. The Morgan fingerprint density at radius 1 is 1.42 bits per heavy atom. The lowest BCUT2D eigenvalue weighted by atomic mass is 10.00. The molecule has 104 valence electrons. The van der Waals surface area contributed by atoms with Gasteiger partial charge in [-0.25, -0.2) is 9.37 Å². The van der Waals surface area contributed by atoms with Gasteiger partial charge in [0.2, 0.25) is 0 Å². The van der Waals surface area contributed by atoms with Crippen molar-refractivity contribution in [2.24, 2.45) is 5.92 Å². The van der Waals surface area contributed by atoms with Crippen molar-refractivity contribution >= 4 is 5.82 Å². The number of piperidine rings is 1. The molecule has 0 radical (unpaired) electrons. The third-order valence-corrected chi connectivity index (χ3v) is 4.02. The number of halogens is 1. The van der Waals surface area contributed by atoms with Crippen molar-refractivity contribution < 1.29 is 4.39 Å². The van der Waals surface area contributed by atoms with Crippen LogP contribution in [0.2, 0.25) is 0 Å². The Morgan fingerprint density at radius 2 is 2.26 bits per heavy atom.